The normalized spacial score (nSPS) is 19.5. The number of unbranched alkanes of at least 4 members (excludes halogenated alkanes) is 5. The van der Waals surface area contributed by atoms with Crippen molar-refractivity contribution in [3.63, 3.8) is 0 Å². The van der Waals surface area contributed by atoms with Crippen LogP contribution in [0.25, 0.3) is 0 Å². The molecule has 1 atom stereocenters. The van der Waals surface area contributed by atoms with Crippen LogP contribution in [-0.4, -0.2) is 17.2 Å². The quantitative estimate of drug-likeness (QED) is 0.313. The van der Waals surface area contributed by atoms with Gasteiger partial charge >= 0.3 is 5.97 Å². The molecule has 3 nitrogen and oxygen atoms in total. The van der Waals surface area contributed by atoms with E-state index in [1.807, 2.05) is 0 Å². The molecule has 1 heterocycles. The van der Waals surface area contributed by atoms with Gasteiger partial charge in [0.25, 0.3) is 0 Å². The second-order valence-corrected chi connectivity index (χ2v) is 5.42. The minimum Gasteiger partial charge on any atom is -0.483 e. The van der Waals surface area contributed by atoms with Crippen LogP contribution in [0.2, 0.25) is 0 Å². The first-order valence-corrected chi connectivity index (χ1v) is 8.14. The molecular formula is C18H28O3. The highest BCUT2D eigenvalue weighted by Crippen LogP contribution is 2.30. The smallest absolute Gasteiger partial charge is 0.303 e. The van der Waals surface area contributed by atoms with Gasteiger partial charge in [-0.25, -0.2) is 0 Å². The number of allylic oxidation sites excluding steroid dienone is 4. The molecule has 0 amide bonds. The molecule has 21 heavy (non-hydrogen) atoms. The minimum absolute atomic E-state index is 0.308. The van der Waals surface area contributed by atoms with Gasteiger partial charge in [0.2, 0.25) is 0 Å². The third kappa shape index (κ3) is 9.94. The molecule has 0 aromatic carbocycles. The van der Waals surface area contributed by atoms with E-state index in [0.717, 1.165) is 44.3 Å². The van der Waals surface area contributed by atoms with Crippen molar-refractivity contribution >= 4 is 5.97 Å². The highest BCUT2D eigenvalue weighted by Gasteiger charge is 2.29. The van der Waals surface area contributed by atoms with E-state index in [1.54, 1.807) is 0 Å². The molecule has 3 heteroatoms. The summed E-state index contributed by atoms with van der Waals surface area (Å²) in [4.78, 5) is 10.3. The van der Waals surface area contributed by atoms with Crippen LogP contribution in [0.1, 0.15) is 64.7 Å². The topological polar surface area (TPSA) is 49.8 Å². The monoisotopic (exact) mass is 292 g/mol. The van der Waals surface area contributed by atoms with Crippen molar-refractivity contribution in [3.05, 3.63) is 36.1 Å². The second-order valence-electron chi connectivity index (χ2n) is 5.42. The maximum absolute atomic E-state index is 10.3. The zero-order valence-electron chi connectivity index (χ0n) is 13.1. The molecule has 0 aromatic rings. The van der Waals surface area contributed by atoms with Gasteiger partial charge in [0.15, 0.2) is 6.10 Å². The first-order chi connectivity index (χ1) is 10.2. The lowest BCUT2D eigenvalue weighted by Crippen LogP contribution is -1.93. The van der Waals surface area contributed by atoms with Crippen molar-refractivity contribution in [2.24, 2.45) is 0 Å². The van der Waals surface area contributed by atoms with Crippen molar-refractivity contribution in [2.45, 2.75) is 70.8 Å². The number of carbonyl (C=O) groups is 1. The predicted octanol–water partition coefficient (Wildman–Crippen LogP) is 5.00. The lowest BCUT2D eigenvalue weighted by Gasteiger charge is -1.97. The van der Waals surface area contributed by atoms with E-state index in [4.69, 9.17) is 9.84 Å². The van der Waals surface area contributed by atoms with Crippen molar-refractivity contribution in [1.82, 2.24) is 0 Å². The molecule has 0 saturated carbocycles. The van der Waals surface area contributed by atoms with Gasteiger partial charge in [-0.15, -0.1) is 0 Å². The van der Waals surface area contributed by atoms with E-state index in [-0.39, 0.29) is 0 Å². The summed E-state index contributed by atoms with van der Waals surface area (Å²) in [7, 11) is 0. The fraction of sp³-hybridized carbons (Fsp3) is 0.611. The average Bonchev–Trinajstić information content (AvgIpc) is 3.19. The molecule has 0 spiro atoms. The Morgan fingerprint density at radius 1 is 1.14 bits per heavy atom. The molecule has 0 aromatic heterocycles. The Morgan fingerprint density at radius 3 is 2.67 bits per heavy atom. The highest BCUT2D eigenvalue weighted by atomic mass is 16.6. The summed E-state index contributed by atoms with van der Waals surface area (Å²) >= 11 is 0. The fourth-order valence-electron chi connectivity index (χ4n) is 2.16. The van der Waals surface area contributed by atoms with Gasteiger partial charge in [0.1, 0.15) is 5.76 Å². The van der Waals surface area contributed by atoms with Gasteiger partial charge < -0.3 is 9.84 Å². The van der Waals surface area contributed by atoms with Crippen LogP contribution in [0.15, 0.2) is 36.1 Å². The maximum atomic E-state index is 10.3. The Bertz CT molecular complexity index is 380. The van der Waals surface area contributed by atoms with E-state index in [1.165, 1.54) is 12.8 Å². The molecule has 1 rings (SSSR count). The number of hydrogen-bond donors (Lipinski definition) is 1. The van der Waals surface area contributed by atoms with Crippen molar-refractivity contribution in [1.29, 1.82) is 0 Å². The molecule has 1 aliphatic heterocycles. The van der Waals surface area contributed by atoms with Crippen LogP contribution < -0.4 is 0 Å². The number of rotatable bonds is 12. The van der Waals surface area contributed by atoms with E-state index in [9.17, 15) is 4.79 Å². The van der Waals surface area contributed by atoms with Crippen LogP contribution in [0.3, 0.4) is 0 Å². The van der Waals surface area contributed by atoms with Crippen LogP contribution in [-0.2, 0) is 9.53 Å². The maximum Gasteiger partial charge on any atom is 0.303 e. The molecule has 0 unspecified atom stereocenters. The molecule has 0 radical (unpaired) electrons. The number of carboxylic acids is 1. The highest BCUT2D eigenvalue weighted by molar-refractivity contribution is 5.66. The Hall–Kier alpha value is -1.51. The summed E-state index contributed by atoms with van der Waals surface area (Å²) in [5.41, 5.74) is 0. The summed E-state index contributed by atoms with van der Waals surface area (Å²) in [6, 6.07) is 0. The van der Waals surface area contributed by atoms with Gasteiger partial charge in [0, 0.05) is 12.8 Å². The van der Waals surface area contributed by atoms with Crippen LogP contribution in [0.5, 0.6) is 0 Å². The van der Waals surface area contributed by atoms with Crippen molar-refractivity contribution < 1.29 is 14.6 Å². The third-order valence-electron chi connectivity index (χ3n) is 3.45. The van der Waals surface area contributed by atoms with Gasteiger partial charge in [-0.2, -0.15) is 0 Å². The third-order valence-corrected chi connectivity index (χ3v) is 3.45. The van der Waals surface area contributed by atoms with Crippen LogP contribution in [0, 0.1) is 0 Å². The number of hydrogen-bond acceptors (Lipinski definition) is 2. The minimum atomic E-state index is -0.684. The van der Waals surface area contributed by atoms with Crippen LogP contribution >= 0.6 is 0 Å². The zero-order valence-corrected chi connectivity index (χ0v) is 13.1. The molecule has 1 saturated heterocycles. The molecular weight excluding hydrogens is 264 g/mol. The molecule has 1 aliphatic rings. The van der Waals surface area contributed by atoms with Gasteiger partial charge in [-0.05, 0) is 31.8 Å². The van der Waals surface area contributed by atoms with Gasteiger partial charge in [0.05, 0.1) is 0 Å². The lowest BCUT2D eigenvalue weighted by atomic mass is 10.1. The van der Waals surface area contributed by atoms with E-state index in [2.05, 4.69) is 37.3 Å². The number of aliphatic carboxylic acids is 1. The lowest BCUT2D eigenvalue weighted by molar-refractivity contribution is -0.137. The first-order valence-electron chi connectivity index (χ1n) is 8.14. The predicted molar refractivity (Wildman–Crippen MR) is 86.1 cm³/mol. The molecule has 118 valence electrons. The standard InChI is InChI=1S/C18H28O3/c1-2-3-10-13-16-17(21-16)14-11-8-6-4-5-7-9-12-15-18(19)20/h3,8,10-11,14,16H,2,4-7,9,12-13,15H2,1H3,(H,19,20)/b10-3-,11-8+,17-14-/t16-/m0/s1. The Kier molecular flexibility index (Phi) is 9.34. The molecule has 0 aliphatic carbocycles. The summed E-state index contributed by atoms with van der Waals surface area (Å²) < 4.78 is 5.47. The number of carboxylic acid groups (broad SMARTS) is 1. The van der Waals surface area contributed by atoms with Gasteiger partial charge in [-0.3, -0.25) is 4.79 Å². The summed E-state index contributed by atoms with van der Waals surface area (Å²) in [5, 5.41) is 8.51. The Labute approximate surface area is 128 Å². The first kappa shape index (κ1) is 17.5. The summed E-state index contributed by atoms with van der Waals surface area (Å²) in [5.74, 6) is 0.414. The largest absolute Gasteiger partial charge is 0.483 e. The van der Waals surface area contributed by atoms with Crippen LogP contribution in [0.4, 0.5) is 0 Å². The number of ether oxygens (including phenoxy) is 1. The van der Waals surface area contributed by atoms with Crippen molar-refractivity contribution in [2.75, 3.05) is 0 Å². The van der Waals surface area contributed by atoms with Gasteiger partial charge in [-0.1, -0.05) is 50.5 Å². The second kappa shape index (κ2) is 11.2. The molecule has 1 fully saturated rings. The summed E-state index contributed by atoms with van der Waals surface area (Å²) in [6.45, 7) is 2.13. The van der Waals surface area contributed by atoms with Crippen molar-refractivity contribution in [3.8, 4) is 0 Å². The Balaban J connectivity index is 1.92. The molecule has 0 bridgehead atoms. The van der Waals surface area contributed by atoms with E-state index >= 15 is 0 Å². The summed E-state index contributed by atoms with van der Waals surface area (Å²) in [6.07, 6.45) is 19.8. The van der Waals surface area contributed by atoms with E-state index in [0.29, 0.717) is 12.5 Å². The zero-order chi connectivity index (χ0) is 15.3. The average molecular weight is 292 g/mol. The SMILES string of the molecule is CC/C=C\C[C@@H]1O/C1=C\C=C\CCCCCCCC(=O)O. The fourth-order valence-corrected chi connectivity index (χ4v) is 2.16. The van der Waals surface area contributed by atoms with E-state index < -0.39 is 5.97 Å². The number of epoxide rings is 1. The Morgan fingerprint density at radius 2 is 1.90 bits per heavy atom. The molecule has 1 N–H and O–H groups in total.